The average Bonchev–Trinajstić information content (AvgIpc) is 2.92. The zero-order valence-corrected chi connectivity index (χ0v) is 15.8. The Morgan fingerprint density at radius 3 is 2.48 bits per heavy atom. The molecule has 25 heavy (non-hydrogen) atoms. The summed E-state index contributed by atoms with van der Waals surface area (Å²) in [5, 5.41) is 12.3. The monoisotopic (exact) mass is 411 g/mol. The molecule has 0 aliphatic carbocycles. The Kier molecular flexibility index (Phi) is 5.75. The quantitative estimate of drug-likeness (QED) is 0.584. The maximum atomic E-state index is 5.98. The molecule has 2 N–H and O–H groups in total. The molecule has 1 aromatic heterocycles. The topological polar surface area (TPSA) is 54.8 Å². The van der Waals surface area contributed by atoms with Crippen LogP contribution in [-0.4, -0.2) is 19.9 Å². The molecule has 0 saturated heterocycles. The maximum absolute atomic E-state index is 5.98. The van der Waals surface area contributed by atoms with Gasteiger partial charge in [0, 0.05) is 20.8 Å². The molecule has 0 saturated carbocycles. The second-order valence-corrected chi connectivity index (χ2v) is 6.85. The van der Waals surface area contributed by atoms with E-state index in [4.69, 9.17) is 47.0 Å². The van der Waals surface area contributed by atoms with Gasteiger partial charge in [0.05, 0.1) is 6.54 Å². The van der Waals surface area contributed by atoms with Crippen LogP contribution >= 0.6 is 47.0 Å². The van der Waals surface area contributed by atoms with Gasteiger partial charge in [-0.2, -0.15) is 0 Å². The van der Waals surface area contributed by atoms with E-state index in [2.05, 4.69) is 20.7 Å². The molecule has 0 aliphatic heterocycles. The minimum atomic E-state index is 0.332. The van der Waals surface area contributed by atoms with Gasteiger partial charge < -0.3 is 5.32 Å². The molecule has 0 radical (unpaired) electrons. The van der Waals surface area contributed by atoms with Crippen LogP contribution in [0.3, 0.4) is 0 Å². The van der Waals surface area contributed by atoms with Gasteiger partial charge in [0.25, 0.3) is 0 Å². The zero-order valence-electron chi connectivity index (χ0n) is 12.7. The molecule has 0 bridgehead atoms. The summed E-state index contributed by atoms with van der Waals surface area (Å²) >= 11 is 23.1. The third kappa shape index (κ3) is 5.31. The number of nitrogens with one attached hydrogen (secondary N) is 2. The number of anilines is 2. The van der Waals surface area contributed by atoms with E-state index in [-0.39, 0.29) is 0 Å². The molecule has 3 aromatic rings. The van der Waals surface area contributed by atoms with Crippen LogP contribution in [0.4, 0.5) is 11.6 Å². The lowest BCUT2D eigenvalue weighted by Crippen LogP contribution is -2.20. The first-order valence-corrected chi connectivity index (χ1v) is 8.70. The number of benzene rings is 2. The largest absolute Gasteiger partial charge is 0.332 e. The molecule has 0 unspecified atom stereocenters. The van der Waals surface area contributed by atoms with Gasteiger partial charge in [-0.1, -0.05) is 46.9 Å². The van der Waals surface area contributed by atoms with E-state index in [9.17, 15) is 0 Å². The number of hydrogen-bond donors (Lipinski definition) is 2. The molecule has 3 rings (SSSR count). The predicted molar refractivity (Wildman–Crippen MR) is 107 cm³/mol. The Bertz CT molecular complexity index is 892. The summed E-state index contributed by atoms with van der Waals surface area (Å²) in [5.74, 6) is 0.382. The van der Waals surface area contributed by atoms with Gasteiger partial charge in [-0.15, -0.1) is 5.10 Å². The van der Waals surface area contributed by atoms with Crippen LogP contribution in [0, 0.1) is 0 Å². The van der Waals surface area contributed by atoms with Crippen LogP contribution in [-0.2, 0) is 6.54 Å². The molecule has 1 heterocycles. The van der Waals surface area contributed by atoms with Gasteiger partial charge in [-0.25, -0.2) is 9.67 Å². The first kappa shape index (κ1) is 17.9. The summed E-state index contributed by atoms with van der Waals surface area (Å²) in [7, 11) is 0. The molecular formula is C16H12Cl3N5S. The summed E-state index contributed by atoms with van der Waals surface area (Å²) in [6.45, 7) is 0.555. The second kappa shape index (κ2) is 8.01. The third-order valence-corrected chi connectivity index (χ3v) is 3.99. The van der Waals surface area contributed by atoms with Crippen LogP contribution in [0.2, 0.25) is 15.1 Å². The Hall–Kier alpha value is -1.86. The van der Waals surface area contributed by atoms with Crippen molar-refractivity contribution in [2.75, 3.05) is 10.6 Å². The Balaban J connectivity index is 1.61. The molecular weight excluding hydrogens is 401 g/mol. The minimum Gasteiger partial charge on any atom is -0.332 e. The molecule has 0 amide bonds. The van der Waals surface area contributed by atoms with Crippen molar-refractivity contribution >= 4 is 63.8 Å². The molecule has 2 aromatic carbocycles. The van der Waals surface area contributed by atoms with Crippen LogP contribution in [0.5, 0.6) is 0 Å². The molecule has 0 atom stereocenters. The minimum absolute atomic E-state index is 0.332. The molecule has 0 spiro atoms. The number of halogens is 3. The normalized spacial score (nSPS) is 10.5. The average molecular weight is 413 g/mol. The summed E-state index contributed by atoms with van der Waals surface area (Å²) in [5.41, 5.74) is 1.70. The maximum Gasteiger partial charge on any atom is 0.248 e. The highest BCUT2D eigenvalue weighted by Gasteiger charge is 2.06. The van der Waals surface area contributed by atoms with E-state index >= 15 is 0 Å². The summed E-state index contributed by atoms with van der Waals surface area (Å²) in [6.07, 6.45) is 1.61. The lowest BCUT2D eigenvalue weighted by Gasteiger charge is -2.08. The van der Waals surface area contributed by atoms with Crippen molar-refractivity contribution in [3.05, 3.63) is 69.4 Å². The molecule has 0 fully saturated rings. The first-order valence-electron chi connectivity index (χ1n) is 7.16. The summed E-state index contributed by atoms with van der Waals surface area (Å²) < 4.78 is 1.69. The van der Waals surface area contributed by atoms with E-state index in [1.165, 1.54) is 0 Å². The van der Waals surface area contributed by atoms with Gasteiger partial charge in [0.1, 0.15) is 6.33 Å². The zero-order chi connectivity index (χ0) is 17.8. The van der Waals surface area contributed by atoms with E-state index in [0.29, 0.717) is 38.4 Å². The van der Waals surface area contributed by atoms with E-state index in [1.807, 2.05) is 24.3 Å². The third-order valence-electron chi connectivity index (χ3n) is 3.12. The van der Waals surface area contributed by atoms with Crippen molar-refractivity contribution < 1.29 is 0 Å². The fourth-order valence-corrected chi connectivity index (χ4v) is 3.09. The summed E-state index contributed by atoms with van der Waals surface area (Å²) in [6, 6.07) is 12.6. The number of thiocarbonyl (C=S) groups is 1. The molecule has 5 nitrogen and oxygen atoms in total. The van der Waals surface area contributed by atoms with Crippen LogP contribution in [0.15, 0.2) is 48.8 Å². The van der Waals surface area contributed by atoms with Crippen molar-refractivity contribution in [3.63, 3.8) is 0 Å². The highest BCUT2D eigenvalue weighted by atomic mass is 35.5. The number of aromatic nitrogens is 3. The number of hydrogen-bond acceptors (Lipinski definition) is 3. The molecule has 128 valence electrons. The van der Waals surface area contributed by atoms with Gasteiger partial charge in [-0.3, -0.25) is 5.32 Å². The van der Waals surface area contributed by atoms with Crippen molar-refractivity contribution in [1.29, 1.82) is 0 Å². The van der Waals surface area contributed by atoms with Gasteiger partial charge in [0.2, 0.25) is 5.95 Å². The van der Waals surface area contributed by atoms with Gasteiger partial charge in [0.15, 0.2) is 5.11 Å². The SMILES string of the molecule is S=C(Nc1cc(Cl)cc(Cl)c1)Nc1ncn(Cc2cccc(Cl)c2)n1. The lowest BCUT2D eigenvalue weighted by molar-refractivity contribution is 0.687. The van der Waals surface area contributed by atoms with Crippen molar-refractivity contribution in [3.8, 4) is 0 Å². The lowest BCUT2D eigenvalue weighted by atomic mass is 10.2. The highest BCUT2D eigenvalue weighted by molar-refractivity contribution is 7.80. The van der Waals surface area contributed by atoms with E-state index < -0.39 is 0 Å². The Morgan fingerprint density at radius 1 is 1.00 bits per heavy atom. The Morgan fingerprint density at radius 2 is 1.76 bits per heavy atom. The Labute approximate surface area is 164 Å². The first-order chi connectivity index (χ1) is 12.0. The smallest absolute Gasteiger partial charge is 0.248 e. The fraction of sp³-hybridized carbons (Fsp3) is 0.0625. The van der Waals surface area contributed by atoms with Crippen LogP contribution in [0.25, 0.3) is 0 Å². The fourth-order valence-electron chi connectivity index (χ4n) is 2.14. The number of rotatable bonds is 4. The standard InChI is InChI=1S/C16H12Cl3N5S/c17-11-3-1-2-10(4-11)8-24-9-20-15(23-24)22-16(25)21-14-6-12(18)5-13(19)7-14/h1-7,9H,8H2,(H2,21,22,23,25). The van der Waals surface area contributed by atoms with Crippen molar-refractivity contribution in [2.24, 2.45) is 0 Å². The predicted octanol–water partition coefficient (Wildman–Crippen LogP) is 5.10. The van der Waals surface area contributed by atoms with Crippen LogP contribution in [0.1, 0.15) is 5.56 Å². The van der Waals surface area contributed by atoms with Crippen molar-refractivity contribution in [1.82, 2.24) is 14.8 Å². The second-order valence-electron chi connectivity index (χ2n) is 5.13. The number of nitrogens with zero attached hydrogens (tertiary/aromatic N) is 3. The molecule has 9 heteroatoms. The summed E-state index contributed by atoms with van der Waals surface area (Å²) in [4.78, 5) is 4.18. The van der Waals surface area contributed by atoms with E-state index in [1.54, 1.807) is 29.2 Å². The van der Waals surface area contributed by atoms with Crippen LogP contribution < -0.4 is 10.6 Å². The van der Waals surface area contributed by atoms with E-state index in [0.717, 1.165) is 5.56 Å². The molecule has 0 aliphatic rings. The van der Waals surface area contributed by atoms with Gasteiger partial charge in [-0.05, 0) is 48.1 Å². The highest BCUT2D eigenvalue weighted by Crippen LogP contribution is 2.22. The van der Waals surface area contributed by atoms with Crippen molar-refractivity contribution in [2.45, 2.75) is 6.54 Å². The van der Waals surface area contributed by atoms with Gasteiger partial charge >= 0.3 is 0 Å².